The van der Waals surface area contributed by atoms with Crippen molar-refractivity contribution in [3.63, 3.8) is 0 Å². The van der Waals surface area contributed by atoms with Crippen LogP contribution >= 0.6 is 0 Å². The van der Waals surface area contributed by atoms with Crippen molar-refractivity contribution in [3.05, 3.63) is 12.1 Å². The van der Waals surface area contributed by atoms with Crippen molar-refractivity contribution in [1.29, 1.82) is 0 Å². The Kier molecular flexibility index (Phi) is 4.56. The molecule has 0 saturated heterocycles. The molecule has 94 valence electrons. The third-order valence-corrected chi connectivity index (χ3v) is 2.07. The van der Waals surface area contributed by atoms with Gasteiger partial charge in [-0.1, -0.05) is 0 Å². The van der Waals surface area contributed by atoms with Gasteiger partial charge in [-0.25, -0.2) is 4.98 Å². The first kappa shape index (κ1) is 13.1. The van der Waals surface area contributed by atoms with E-state index in [9.17, 15) is 4.79 Å². The van der Waals surface area contributed by atoms with Crippen LogP contribution in [0.25, 0.3) is 0 Å². The third kappa shape index (κ3) is 4.58. The highest BCUT2D eigenvalue weighted by atomic mass is 16.1. The summed E-state index contributed by atoms with van der Waals surface area (Å²) >= 11 is 0. The molecule has 6 N–H and O–H groups in total. The molecule has 0 spiro atoms. The Balaban J connectivity index is 2.36. The maximum Gasteiger partial charge on any atom is 0.221 e. The maximum atomic E-state index is 11.3. The highest BCUT2D eigenvalue weighted by Crippen LogP contribution is 2.14. The molecule has 0 aliphatic heterocycles. The number of nitrogen functional groups attached to an aromatic ring is 2. The first-order chi connectivity index (χ1) is 7.99. The normalized spacial score (nSPS) is 10.3. The molecule has 1 amide bonds. The molecule has 1 aromatic heterocycles. The van der Waals surface area contributed by atoms with Crippen LogP contribution in [0.2, 0.25) is 0 Å². The van der Waals surface area contributed by atoms with Crippen LogP contribution in [0, 0.1) is 0 Å². The van der Waals surface area contributed by atoms with E-state index < -0.39 is 0 Å². The monoisotopic (exact) mass is 237 g/mol. The van der Waals surface area contributed by atoms with Crippen molar-refractivity contribution in [1.82, 2.24) is 10.3 Å². The van der Waals surface area contributed by atoms with Gasteiger partial charge in [0.05, 0.1) is 5.69 Å². The predicted octanol–water partition coefficient (Wildman–Crippen LogP) is 0.573. The molecular weight excluding hydrogens is 218 g/mol. The van der Waals surface area contributed by atoms with E-state index in [1.165, 1.54) is 0 Å². The van der Waals surface area contributed by atoms with Gasteiger partial charge in [0.1, 0.15) is 11.6 Å². The van der Waals surface area contributed by atoms with Crippen LogP contribution in [0.3, 0.4) is 0 Å². The summed E-state index contributed by atoms with van der Waals surface area (Å²) in [6.07, 6.45) is 0.393. The molecule has 1 rings (SSSR count). The molecule has 0 aromatic carbocycles. The lowest BCUT2D eigenvalue weighted by Gasteiger charge is -2.09. The summed E-state index contributed by atoms with van der Waals surface area (Å²) in [5.74, 6) is 0.923. The molecule has 1 heterocycles. The van der Waals surface area contributed by atoms with Crippen LogP contribution in [0.5, 0.6) is 0 Å². The Morgan fingerprint density at radius 3 is 2.71 bits per heavy atom. The zero-order valence-electron chi connectivity index (χ0n) is 10.2. The lowest BCUT2D eigenvalue weighted by atomic mass is 10.3. The fraction of sp³-hybridized carbons (Fsp3) is 0.455. The molecule has 6 nitrogen and oxygen atoms in total. The van der Waals surface area contributed by atoms with E-state index in [0.717, 1.165) is 0 Å². The number of aromatic nitrogens is 1. The van der Waals surface area contributed by atoms with E-state index >= 15 is 0 Å². The Bertz CT molecular complexity index is 391. The predicted molar refractivity (Wildman–Crippen MR) is 69.4 cm³/mol. The van der Waals surface area contributed by atoms with Gasteiger partial charge in [-0.3, -0.25) is 4.79 Å². The summed E-state index contributed by atoms with van der Waals surface area (Å²) in [5.41, 5.74) is 11.6. The smallest absolute Gasteiger partial charge is 0.221 e. The molecule has 6 heteroatoms. The lowest BCUT2D eigenvalue weighted by molar-refractivity contribution is -0.121. The topological polar surface area (TPSA) is 106 Å². The van der Waals surface area contributed by atoms with Gasteiger partial charge in [0, 0.05) is 19.0 Å². The van der Waals surface area contributed by atoms with Crippen LogP contribution in [-0.4, -0.2) is 23.5 Å². The van der Waals surface area contributed by atoms with Crippen molar-refractivity contribution in [2.24, 2.45) is 0 Å². The third-order valence-electron chi connectivity index (χ3n) is 2.07. The van der Waals surface area contributed by atoms with E-state index in [1.807, 2.05) is 13.8 Å². The van der Waals surface area contributed by atoms with E-state index in [2.05, 4.69) is 15.6 Å². The van der Waals surface area contributed by atoms with Gasteiger partial charge in [0.2, 0.25) is 5.91 Å². The van der Waals surface area contributed by atoms with Gasteiger partial charge in [0.25, 0.3) is 0 Å². The minimum absolute atomic E-state index is 0.0101. The molecule has 0 aliphatic rings. The molecule has 0 fully saturated rings. The molecule has 0 aliphatic carbocycles. The van der Waals surface area contributed by atoms with Crippen molar-refractivity contribution in [2.75, 3.05) is 23.3 Å². The number of hydrogen-bond acceptors (Lipinski definition) is 5. The van der Waals surface area contributed by atoms with Crippen molar-refractivity contribution in [3.8, 4) is 0 Å². The zero-order valence-corrected chi connectivity index (χ0v) is 10.2. The largest absolute Gasteiger partial charge is 0.396 e. The fourth-order valence-electron chi connectivity index (χ4n) is 1.28. The number of carbonyl (C=O) groups excluding carboxylic acids is 1. The van der Waals surface area contributed by atoms with Gasteiger partial charge in [0.15, 0.2) is 0 Å². The standard InChI is InChI=1S/C11H19N5O/c1-7(2)15-10(17)5-6-14-9-4-3-8(12)11(13)16-9/h3-4,7H,5-6,12H2,1-2H3,(H,15,17)(H3,13,14,16). The number of hydrogen-bond donors (Lipinski definition) is 4. The summed E-state index contributed by atoms with van der Waals surface area (Å²) in [4.78, 5) is 15.4. The summed E-state index contributed by atoms with van der Waals surface area (Å²) in [6.45, 7) is 4.36. The fourth-order valence-corrected chi connectivity index (χ4v) is 1.28. The van der Waals surface area contributed by atoms with Gasteiger partial charge < -0.3 is 22.1 Å². The highest BCUT2D eigenvalue weighted by Gasteiger charge is 2.03. The first-order valence-electron chi connectivity index (χ1n) is 5.54. The number of anilines is 3. The van der Waals surface area contributed by atoms with Crippen molar-refractivity contribution < 1.29 is 4.79 Å². The molecule has 0 bridgehead atoms. The Labute approximate surface area is 101 Å². The zero-order chi connectivity index (χ0) is 12.8. The maximum absolute atomic E-state index is 11.3. The molecular formula is C11H19N5O. The minimum Gasteiger partial charge on any atom is -0.396 e. The summed E-state index contributed by atoms with van der Waals surface area (Å²) in [5, 5.41) is 5.81. The van der Waals surface area contributed by atoms with Gasteiger partial charge in [-0.2, -0.15) is 0 Å². The first-order valence-corrected chi connectivity index (χ1v) is 5.54. The van der Waals surface area contributed by atoms with Crippen molar-refractivity contribution >= 4 is 23.2 Å². The second-order valence-electron chi connectivity index (χ2n) is 4.07. The summed E-state index contributed by atoms with van der Waals surface area (Å²) < 4.78 is 0. The van der Waals surface area contributed by atoms with E-state index in [4.69, 9.17) is 11.5 Å². The van der Waals surface area contributed by atoms with Crippen molar-refractivity contribution in [2.45, 2.75) is 26.3 Å². The number of carbonyl (C=O) groups is 1. The van der Waals surface area contributed by atoms with Crippen LogP contribution in [0.4, 0.5) is 17.3 Å². The number of nitrogens with one attached hydrogen (secondary N) is 2. The number of nitrogens with zero attached hydrogens (tertiary/aromatic N) is 1. The van der Waals surface area contributed by atoms with E-state index in [-0.39, 0.29) is 11.9 Å². The molecule has 0 unspecified atom stereocenters. The second-order valence-corrected chi connectivity index (χ2v) is 4.07. The molecule has 1 aromatic rings. The Hall–Kier alpha value is -1.98. The van der Waals surface area contributed by atoms with Crippen LogP contribution in [0.15, 0.2) is 12.1 Å². The van der Waals surface area contributed by atoms with E-state index in [1.54, 1.807) is 12.1 Å². The van der Waals surface area contributed by atoms with E-state index in [0.29, 0.717) is 30.3 Å². The summed E-state index contributed by atoms with van der Waals surface area (Å²) in [7, 11) is 0. The minimum atomic E-state index is 0.0101. The number of amides is 1. The number of rotatable bonds is 5. The van der Waals surface area contributed by atoms with Crippen LogP contribution < -0.4 is 22.1 Å². The van der Waals surface area contributed by atoms with Gasteiger partial charge in [-0.05, 0) is 26.0 Å². The highest BCUT2D eigenvalue weighted by molar-refractivity contribution is 5.76. The molecule has 0 radical (unpaired) electrons. The SMILES string of the molecule is CC(C)NC(=O)CCNc1ccc(N)c(N)n1. The van der Waals surface area contributed by atoms with Gasteiger partial charge >= 0.3 is 0 Å². The molecule has 17 heavy (non-hydrogen) atoms. The molecule has 0 atom stereocenters. The second kappa shape index (κ2) is 5.93. The molecule has 0 saturated carbocycles. The van der Waals surface area contributed by atoms with Gasteiger partial charge in [-0.15, -0.1) is 0 Å². The van der Waals surface area contributed by atoms with Crippen LogP contribution in [0.1, 0.15) is 20.3 Å². The number of pyridine rings is 1. The average molecular weight is 237 g/mol. The quantitative estimate of drug-likeness (QED) is 0.599. The summed E-state index contributed by atoms with van der Waals surface area (Å²) in [6, 6.07) is 3.57. The number of nitrogens with two attached hydrogens (primary N) is 2. The van der Waals surface area contributed by atoms with Crippen LogP contribution in [-0.2, 0) is 4.79 Å². The Morgan fingerprint density at radius 1 is 1.41 bits per heavy atom. The average Bonchev–Trinajstić information content (AvgIpc) is 2.22. The lowest BCUT2D eigenvalue weighted by Crippen LogP contribution is -2.31. The Morgan fingerprint density at radius 2 is 2.12 bits per heavy atom.